The highest BCUT2D eigenvalue weighted by molar-refractivity contribution is 5.86. The third-order valence-electron chi connectivity index (χ3n) is 3.88. The Balaban J connectivity index is 2.42. The minimum Gasteiger partial charge on any atom is -0.479 e. The van der Waals surface area contributed by atoms with E-state index in [0.717, 1.165) is 5.56 Å². The SMILES string of the molecule is Cc1ccc(C2(C(=O)O)CCCN2C(=O)OC(C)(C)C)cc1. The zero-order valence-electron chi connectivity index (χ0n) is 13.5. The van der Waals surface area contributed by atoms with Gasteiger partial charge in [-0.3, -0.25) is 4.90 Å². The fraction of sp³-hybridized carbons (Fsp3) is 0.529. The van der Waals surface area contributed by atoms with E-state index in [2.05, 4.69) is 0 Å². The van der Waals surface area contributed by atoms with Gasteiger partial charge in [0.2, 0.25) is 0 Å². The van der Waals surface area contributed by atoms with Gasteiger partial charge in [-0.05, 0) is 46.1 Å². The molecule has 1 saturated heterocycles. The molecule has 1 aromatic carbocycles. The van der Waals surface area contributed by atoms with Crippen LogP contribution in [0.2, 0.25) is 0 Å². The summed E-state index contributed by atoms with van der Waals surface area (Å²) in [6.07, 6.45) is 0.456. The van der Waals surface area contributed by atoms with E-state index in [4.69, 9.17) is 4.74 Å². The predicted molar refractivity (Wildman–Crippen MR) is 82.7 cm³/mol. The summed E-state index contributed by atoms with van der Waals surface area (Å²) in [5.74, 6) is -1.01. The summed E-state index contributed by atoms with van der Waals surface area (Å²) < 4.78 is 5.40. The van der Waals surface area contributed by atoms with Crippen LogP contribution in [0, 0.1) is 6.92 Å². The first-order chi connectivity index (χ1) is 10.2. The lowest BCUT2D eigenvalue weighted by molar-refractivity contribution is -0.150. The summed E-state index contributed by atoms with van der Waals surface area (Å²) in [7, 11) is 0. The van der Waals surface area contributed by atoms with E-state index < -0.39 is 23.2 Å². The molecule has 0 aromatic heterocycles. The lowest BCUT2D eigenvalue weighted by Crippen LogP contribution is -2.52. The molecule has 1 heterocycles. The van der Waals surface area contributed by atoms with Crippen LogP contribution >= 0.6 is 0 Å². The van der Waals surface area contributed by atoms with Crippen LogP contribution in [0.4, 0.5) is 4.79 Å². The van der Waals surface area contributed by atoms with E-state index >= 15 is 0 Å². The van der Waals surface area contributed by atoms with Gasteiger partial charge in [-0.15, -0.1) is 0 Å². The molecule has 1 amide bonds. The van der Waals surface area contributed by atoms with Crippen LogP contribution in [0.15, 0.2) is 24.3 Å². The van der Waals surface area contributed by atoms with Crippen molar-refractivity contribution in [2.75, 3.05) is 6.54 Å². The summed E-state index contributed by atoms with van der Waals surface area (Å²) in [5.41, 5.74) is -0.326. The second-order valence-electron chi connectivity index (χ2n) is 6.77. The van der Waals surface area contributed by atoms with E-state index in [-0.39, 0.29) is 0 Å². The Morgan fingerprint density at radius 1 is 1.23 bits per heavy atom. The number of rotatable bonds is 2. The number of carboxylic acid groups (broad SMARTS) is 1. The zero-order chi connectivity index (χ0) is 16.5. The van der Waals surface area contributed by atoms with Gasteiger partial charge in [-0.25, -0.2) is 9.59 Å². The smallest absolute Gasteiger partial charge is 0.411 e. The van der Waals surface area contributed by atoms with E-state index in [1.165, 1.54) is 4.90 Å². The second kappa shape index (κ2) is 5.63. The van der Waals surface area contributed by atoms with Crippen molar-refractivity contribution in [1.82, 2.24) is 4.90 Å². The van der Waals surface area contributed by atoms with Crippen LogP contribution in [0.1, 0.15) is 44.7 Å². The number of carboxylic acids is 1. The number of ether oxygens (including phenoxy) is 1. The van der Waals surface area contributed by atoms with Crippen LogP contribution in [0.5, 0.6) is 0 Å². The maximum Gasteiger partial charge on any atom is 0.411 e. The van der Waals surface area contributed by atoms with Crippen LogP contribution in [-0.2, 0) is 15.1 Å². The lowest BCUT2D eigenvalue weighted by atomic mass is 9.87. The number of aliphatic carboxylic acids is 1. The van der Waals surface area contributed by atoms with Crippen molar-refractivity contribution in [3.63, 3.8) is 0 Å². The van der Waals surface area contributed by atoms with Crippen molar-refractivity contribution < 1.29 is 19.4 Å². The zero-order valence-corrected chi connectivity index (χ0v) is 13.5. The van der Waals surface area contributed by atoms with Gasteiger partial charge < -0.3 is 9.84 Å². The molecule has 0 saturated carbocycles. The highest BCUT2D eigenvalue weighted by atomic mass is 16.6. The average Bonchev–Trinajstić information content (AvgIpc) is 2.83. The van der Waals surface area contributed by atoms with Gasteiger partial charge >= 0.3 is 12.1 Å². The number of carbonyl (C=O) groups is 2. The molecule has 22 heavy (non-hydrogen) atoms. The van der Waals surface area contributed by atoms with Crippen molar-refractivity contribution in [1.29, 1.82) is 0 Å². The quantitative estimate of drug-likeness (QED) is 0.910. The van der Waals surface area contributed by atoms with Gasteiger partial charge in [0.25, 0.3) is 0 Å². The highest BCUT2D eigenvalue weighted by Crippen LogP contribution is 2.40. The summed E-state index contributed by atoms with van der Waals surface area (Å²) in [5, 5.41) is 9.85. The Morgan fingerprint density at radius 3 is 2.32 bits per heavy atom. The summed E-state index contributed by atoms with van der Waals surface area (Å²) in [6.45, 7) is 7.65. The van der Waals surface area contributed by atoms with Gasteiger partial charge in [-0.1, -0.05) is 29.8 Å². The van der Waals surface area contributed by atoms with Gasteiger partial charge in [-0.2, -0.15) is 0 Å². The Kier molecular flexibility index (Phi) is 4.18. The maximum atomic E-state index is 12.5. The molecule has 5 heteroatoms. The molecule has 1 fully saturated rings. The van der Waals surface area contributed by atoms with Gasteiger partial charge in [0, 0.05) is 6.54 Å². The molecule has 1 aliphatic heterocycles. The normalized spacial score (nSPS) is 21.7. The minimum atomic E-state index is -1.34. The molecule has 5 nitrogen and oxygen atoms in total. The standard InChI is InChI=1S/C17H23NO4/c1-12-6-8-13(9-7-12)17(14(19)20)10-5-11-18(17)15(21)22-16(2,3)4/h6-9H,5,10-11H2,1-4H3,(H,19,20). The van der Waals surface area contributed by atoms with Crippen LogP contribution in [0.3, 0.4) is 0 Å². The van der Waals surface area contributed by atoms with Gasteiger partial charge in [0.15, 0.2) is 5.54 Å². The average molecular weight is 305 g/mol. The summed E-state index contributed by atoms with van der Waals surface area (Å²) >= 11 is 0. The maximum absolute atomic E-state index is 12.5. The van der Waals surface area contributed by atoms with Crippen LogP contribution in [0.25, 0.3) is 0 Å². The molecule has 0 aliphatic carbocycles. The Labute approximate surface area is 130 Å². The fourth-order valence-corrected chi connectivity index (χ4v) is 2.86. The van der Waals surface area contributed by atoms with Crippen molar-refractivity contribution >= 4 is 12.1 Å². The number of hydrogen-bond donors (Lipinski definition) is 1. The molecule has 0 bridgehead atoms. The summed E-state index contributed by atoms with van der Waals surface area (Å²) in [4.78, 5) is 25.9. The van der Waals surface area contributed by atoms with Crippen molar-refractivity contribution in [2.24, 2.45) is 0 Å². The van der Waals surface area contributed by atoms with E-state index in [1.807, 2.05) is 19.1 Å². The van der Waals surface area contributed by atoms with Gasteiger partial charge in [0.05, 0.1) is 0 Å². The number of benzene rings is 1. The number of hydrogen-bond acceptors (Lipinski definition) is 3. The van der Waals surface area contributed by atoms with Crippen molar-refractivity contribution in [3.05, 3.63) is 35.4 Å². The van der Waals surface area contributed by atoms with E-state index in [9.17, 15) is 14.7 Å². The molecule has 0 radical (unpaired) electrons. The van der Waals surface area contributed by atoms with Gasteiger partial charge in [0.1, 0.15) is 5.60 Å². The number of aryl methyl sites for hydroxylation is 1. The molecule has 0 spiro atoms. The third-order valence-corrected chi connectivity index (χ3v) is 3.88. The predicted octanol–water partition coefficient (Wildman–Crippen LogP) is 3.31. The first kappa shape index (κ1) is 16.3. The molecular formula is C17H23NO4. The number of carbonyl (C=O) groups excluding carboxylic acids is 1. The first-order valence-corrected chi connectivity index (χ1v) is 7.48. The largest absolute Gasteiger partial charge is 0.479 e. The van der Waals surface area contributed by atoms with E-state index in [0.29, 0.717) is 24.9 Å². The fourth-order valence-electron chi connectivity index (χ4n) is 2.86. The highest BCUT2D eigenvalue weighted by Gasteiger charge is 2.52. The summed E-state index contributed by atoms with van der Waals surface area (Å²) in [6, 6.07) is 7.30. The van der Waals surface area contributed by atoms with Crippen LogP contribution in [-0.4, -0.2) is 34.2 Å². The van der Waals surface area contributed by atoms with Crippen LogP contribution < -0.4 is 0 Å². The lowest BCUT2D eigenvalue weighted by Gasteiger charge is -2.36. The molecule has 1 unspecified atom stereocenters. The Morgan fingerprint density at radius 2 is 1.82 bits per heavy atom. The Hall–Kier alpha value is -2.04. The van der Waals surface area contributed by atoms with Crippen molar-refractivity contribution in [3.8, 4) is 0 Å². The molecular weight excluding hydrogens is 282 g/mol. The number of amides is 1. The molecule has 2 rings (SSSR count). The Bertz CT molecular complexity index is 573. The third kappa shape index (κ3) is 2.93. The number of likely N-dealkylation sites (tertiary alicyclic amines) is 1. The van der Waals surface area contributed by atoms with E-state index in [1.54, 1.807) is 32.9 Å². The molecule has 1 aromatic rings. The molecule has 120 valence electrons. The van der Waals surface area contributed by atoms with Crippen molar-refractivity contribution in [2.45, 2.75) is 51.7 Å². The first-order valence-electron chi connectivity index (χ1n) is 7.48. The molecule has 1 atom stereocenters. The minimum absolute atomic E-state index is 0.384. The molecule has 1 N–H and O–H groups in total. The molecule has 1 aliphatic rings. The monoisotopic (exact) mass is 305 g/mol. The number of nitrogens with zero attached hydrogens (tertiary/aromatic N) is 1. The second-order valence-corrected chi connectivity index (χ2v) is 6.77. The topological polar surface area (TPSA) is 66.8 Å².